The second kappa shape index (κ2) is 4.22. The lowest BCUT2D eigenvalue weighted by Crippen LogP contribution is -2.65. The Balaban J connectivity index is 2.24. The van der Waals surface area contributed by atoms with Crippen LogP contribution in [0, 0.1) is 5.92 Å². The number of benzene rings is 1. The van der Waals surface area contributed by atoms with E-state index in [2.05, 4.69) is 0 Å². The Morgan fingerprint density at radius 2 is 1.89 bits per heavy atom. The number of nitrogens with two attached hydrogens (primary N) is 1. The summed E-state index contributed by atoms with van der Waals surface area (Å²) in [6, 6.07) is 6.37. The zero-order valence-electron chi connectivity index (χ0n) is 10.5. The number of sulfonamides is 1. The van der Waals surface area contributed by atoms with Crippen LogP contribution in [0.3, 0.4) is 0 Å². The van der Waals surface area contributed by atoms with Gasteiger partial charge in [0, 0.05) is 13.1 Å². The van der Waals surface area contributed by atoms with Crippen LogP contribution in [0.4, 0.5) is 5.69 Å². The highest BCUT2D eigenvalue weighted by Gasteiger charge is 2.49. The second-order valence-corrected chi connectivity index (χ2v) is 6.98. The van der Waals surface area contributed by atoms with Crippen LogP contribution in [-0.2, 0) is 10.0 Å². The Kier molecular flexibility index (Phi) is 3.12. The highest BCUT2D eigenvalue weighted by atomic mass is 32.2. The lowest BCUT2D eigenvalue weighted by molar-refractivity contribution is -0.0932. The van der Waals surface area contributed by atoms with Gasteiger partial charge in [-0.15, -0.1) is 0 Å². The summed E-state index contributed by atoms with van der Waals surface area (Å²) in [5.41, 5.74) is 5.00. The fraction of sp³-hybridized carbons (Fsp3) is 0.500. The van der Waals surface area contributed by atoms with Crippen molar-refractivity contribution in [1.82, 2.24) is 4.31 Å². The molecule has 1 heterocycles. The normalized spacial score (nSPS) is 19.8. The molecule has 3 N–H and O–H groups in total. The molecule has 5 nitrogen and oxygen atoms in total. The summed E-state index contributed by atoms with van der Waals surface area (Å²) in [5.74, 6) is 0.0251. The fourth-order valence-electron chi connectivity index (χ4n) is 1.95. The van der Waals surface area contributed by atoms with Gasteiger partial charge < -0.3 is 10.8 Å². The highest BCUT2D eigenvalue weighted by molar-refractivity contribution is 7.89. The number of nitrogens with zero attached hydrogens (tertiary/aromatic N) is 1. The van der Waals surface area contributed by atoms with E-state index in [9.17, 15) is 13.5 Å². The van der Waals surface area contributed by atoms with Gasteiger partial charge in [0.2, 0.25) is 10.0 Å². The first-order valence-electron chi connectivity index (χ1n) is 5.84. The van der Waals surface area contributed by atoms with Crippen molar-refractivity contribution in [2.45, 2.75) is 24.3 Å². The van der Waals surface area contributed by atoms with Gasteiger partial charge in [0.1, 0.15) is 4.90 Å². The molecule has 0 atom stereocenters. The summed E-state index contributed by atoms with van der Waals surface area (Å²) in [6.45, 7) is 4.00. The standard InChI is InChI=1S/C12H18N2O3S/c1-9(2)12(15)7-14(8-12)18(16,17)11-6-4-3-5-10(11)13/h3-6,9,15H,7-8,13H2,1-2H3. The van der Waals surface area contributed by atoms with Crippen LogP contribution < -0.4 is 5.73 Å². The van der Waals surface area contributed by atoms with E-state index in [1.165, 1.54) is 10.4 Å². The van der Waals surface area contributed by atoms with Crippen LogP contribution in [0.2, 0.25) is 0 Å². The average molecular weight is 270 g/mol. The number of hydrogen-bond acceptors (Lipinski definition) is 4. The zero-order chi connectivity index (χ0) is 13.6. The van der Waals surface area contributed by atoms with Gasteiger partial charge in [-0.05, 0) is 18.1 Å². The summed E-state index contributed by atoms with van der Waals surface area (Å²) in [7, 11) is -3.59. The highest BCUT2D eigenvalue weighted by Crippen LogP contribution is 2.34. The summed E-state index contributed by atoms with van der Waals surface area (Å²) in [4.78, 5) is 0.107. The van der Waals surface area contributed by atoms with Gasteiger partial charge in [0.15, 0.2) is 0 Å². The molecule has 1 aliphatic heterocycles. The number of β-amino-alcohol motifs (C(OH)–C–C–N with tert-alkyl or cyclic N) is 1. The summed E-state index contributed by atoms with van der Waals surface area (Å²) < 4.78 is 25.8. The first-order chi connectivity index (χ1) is 8.27. The van der Waals surface area contributed by atoms with Crippen molar-refractivity contribution >= 4 is 15.7 Å². The van der Waals surface area contributed by atoms with Crippen LogP contribution >= 0.6 is 0 Å². The van der Waals surface area contributed by atoms with Crippen molar-refractivity contribution in [3.05, 3.63) is 24.3 Å². The molecular weight excluding hydrogens is 252 g/mol. The maximum absolute atomic E-state index is 12.3. The van der Waals surface area contributed by atoms with E-state index in [1.54, 1.807) is 18.2 Å². The van der Waals surface area contributed by atoms with Crippen LogP contribution in [0.5, 0.6) is 0 Å². The van der Waals surface area contributed by atoms with Crippen LogP contribution in [0.25, 0.3) is 0 Å². The molecule has 0 aromatic heterocycles. The molecule has 1 aliphatic rings. The average Bonchev–Trinajstić information content (AvgIpc) is 2.24. The molecule has 100 valence electrons. The summed E-state index contributed by atoms with van der Waals surface area (Å²) in [5, 5.41) is 10.1. The van der Waals surface area contributed by atoms with Crippen molar-refractivity contribution in [2.24, 2.45) is 5.92 Å². The first kappa shape index (κ1) is 13.3. The molecule has 0 aliphatic carbocycles. The van der Waals surface area contributed by atoms with E-state index >= 15 is 0 Å². The Morgan fingerprint density at radius 1 is 1.33 bits per heavy atom. The lowest BCUT2D eigenvalue weighted by atomic mass is 9.85. The molecule has 2 rings (SSSR count). The number of hydrogen-bond donors (Lipinski definition) is 2. The van der Waals surface area contributed by atoms with Gasteiger partial charge in [0.05, 0.1) is 11.3 Å². The third kappa shape index (κ3) is 2.00. The quantitative estimate of drug-likeness (QED) is 0.790. The maximum Gasteiger partial charge on any atom is 0.245 e. The van der Waals surface area contributed by atoms with Gasteiger partial charge >= 0.3 is 0 Å². The molecule has 6 heteroatoms. The van der Waals surface area contributed by atoms with Crippen molar-refractivity contribution in [3.8, 4) is 0 Å². The molecule has 0 unspecified atom stereocenters. The minimum absolute atomic E-state index is 0.0251. The Labute approximate surface area is 107 Å². The number of anilines is 1. The number of nitrogen functional groups attached to an aromatic ring is 1. The molecule has 0 bridgehead atoms. The lowest BCUT2D eigenvalue weighted by Gasteiger charge is -2.47. The summed E-state index contributed by atoms with van der Waals surface area (Å²) in [6.07, 6.45) is 0. The smallest absolute Gasteiger partial charge is 0.245 e. The zero-order valence-corrected chi connectivity index (χ0v) is 11.3. The predicted octanol–water partition coefficient (Wildman–Crippen LogP) is 0.660. The van der Waals surface area contributed by atoms with E-state index in [0.717, 1.165) is 0 Å². The number of aliphatic hydroxyl groups is 1. The summed E-state index contributed by atoms with van der Waals surface area (Å²) >= 11 is 0. The maximum atomic E-state index is 12.3. The van der Waals surface area contributed by atoms with Crippen LogP contribution in [0.15, 0.2) is 29.2 Å². The molecule has 1 fully saturated rings. The number of rotatable bonds is 3. The van der Waals surface area contributed by atoms with E-state index in [1.807, 2.05) is 13.8 Å². The molecule has 1 aromatic carbocycles. The minimum Gasteiger partial charge on any atom is -0.398 e. The predicted molar refractivity (Wildman–Crippen MR) is 69.4 cm³/mol. The molecule has 0 radical (unpaired) electrons. The van der Waals surface area contributed by atoms with E-state index in [-0.39, 0.29) is 29.6 Å². The van der Waals surface area contributed by atoms with Crippen molar-refractivity contribution in [3.63, 3.8) is 0 Å². The van der Waals surface area contributed by atoms with Crippen molar-refractivity contribution < 1.29 is 13.5 Å². The molecule has 18 heavy (non-hydrogen) atoms. The van der Waals surface area contributed by atoms with E-state index in [4.69, 9.17) is 5.73 Å². The molecule has 0 saturated carbocycles. The molecule has 1 aromatic rings. The second-order valence-electron chi connectivity index (χ2n) is 5.07. The minimum atomic E-state index is -3.59. The SMILES string of the molecule is CC(C)C1(O)CN(S(=O)(=O)c2ccccc2N)C1. The largest absolute Gasteiger partial charge is 0.398 e. The fourth-order valence-corrected chi connectivity index (χ4v) is 3.64. The van der Waals surface area contributed by atoms with Gasteiger partial charge in [-0.1, -0.05) is 26.0 Å². The molecule has 0 spiro atoms. The van der Waals surface area contributed by atoms with Crippen molar-refractivity contribution in [1.29, 1.82) is 0 Å². The van der Waals surface area contributed by atoms with Crippen LogP contribution in [0.1, 0.15) is 13.8 Å². The third-order valence-electron chi connectivity index (χ3n) is 3.51. The molecule has 1 saturated heterocycles. The Morgan fingerprint density at radius 3 is 2.39 bits per heavy atom. The number of para-hydroxylation sites is 1. The van der Waals surface area contributed by atoms with Crippen LogP contribution in [-0.4, -0.2) is 36.5 Å². The topological polar surface area (TPSA) is 83.6 Å². The molecular formula is C12H18N2O3S. The van der Waals surface area contributed by atoms with Gasteiger partial charge in [-0.2, -0.15) is 4.31 Å². The first-order valence-corrected chi connectivity index (χ1v) is 7.28. The third-order valence-corrected chi connectivity index (χ3v) is 5.38. The Hall–Kier alpha value is -1.11. The van der Waals surface area contributed by atoms with Gasteiger partial charge in [-0.25, -0.2) is 8.42 Å². The molecule has 0 amide bonds. The van der Waals surface area contributed by atoms with E-state index < -0.39 is 15.6 Å². The van der Waals surface area contributed by atoms with Gasteiger partial charge in [-0.3, -0.25) is 0 Å². The van der Waals surface area contributed by atoms with E-state index in [0.29, 0.717) is 0 Å². The Bertz CT molecular complexity index is 548. The van der Waals surface area contributed by atoms with Gasteiger partial charge in [0.25, 0.3) is 0 Å². The monoisotopic (exact) mass is 270 g/mol. The van der Waals surface area contributed by atoms with Crippen molar-refractivity contribution in [2.75, 3.05) is 18.8 Å².